The fraction of sp³-hybridized carbons (Fsp3) is 0.692. The number of hydrogen-bond acceptors (Lipinski definition) is 6. The van der Waals surface area contributed by atoms with E-state index in [1.54, 1.807) is 12.0 Å². The molecule has 3 atom stereocenters. The lowest BCUT2D eigenvalue weighted by molar-refractivity contribution is -0.180. The molecule has 2 bridgehead atoms. The van der Waals surface area contributed by atoms with E-state index in [9.17, 15) is 9.90 Å². The van der Waals surface area contributed by atoms with Gasteiger partial charge in [-0.2, -0.15) is 0 Å². The topological polar surface area (TPSA) is 92.1 Å². The Morgan fingerprint density at radius 3 is 2.49 bits per heavy atom. The summed E-state index contributed by atoms with van der Waals surface area (Å²) < 4.78 is 18.1. The second kappa shape index (κ2) is 18.0. The highest BCUT2D eigenvalue weighted by Gasteiger charge is 2.55. The lowest BCUT2D eigenvalue weighted by Gasteiger charge is -2.43. The quantitative estimate of drug-likeness (QED) is 0.0474. The van der Waals surface area contributed by atoms with Crippen LogP contribution in [0.4, 0.5) is 0 Å². The normalized spacial score (nSPS) is 22.7. The number of rotatable bonds is 20. The lowest BCUT2D eigenvalue weighted by Crippen LogP contribution is -2.47. The van der Waals surface area contributed by atoms with Gasteiger partial charge < -0.3 is 24.2 Å². The summed E-state index contributed by atoms with van der Waals surface area (Å²) in [7, 11) is 0.497. The Morgan fingerprint density at radius 1 is 1.13 bits per heavy atom. The molecule has 1 aromatic carbocycles. The summed E-state index contributed by atoms with van der Waals surface area (Å²) >= 11 is 0. The number of aliphatic hydroxyl groups excluding tert-OH is 1. The number of benzene rings is 1. The molecule has 2 aliphatic heterocycles. The van der Waals surface area contributed by atoms with Gasteiger partial charge in [-0.3, -0.25) is 10.2 Å². The van der Waals surface area contributed by atoms with Crippen molar-refractivity contribution in [3.8, 4) is 0 Å². The van der Waals surface area contributed by atoms with Gasteiger partial charge in [0.05, 0.1) is 24.4 Å². The van der Waals surface area contributed by atoms with Crippen LogP contribution in [0.25, 0.3) is 5.57 Å². The number of carbonyl (C=O) groups is 1. The third-order valence-corrected chi connectivity index (χ3v) is 11.3. The van der Waals surface area contributed by atoms with E-state index < -0.39 is 13.7 Å². The van der Waals surface area contributed by atoms with Crippen LogP contribution in [0.2, 0.25) is 25.7 Å². The number of methoxy groups -OCH3 is 1. The van der Waals surface area contributed by atoms with E-state index in [1.807, 2.05) is 20.0 Å². The molecule has 2 heterocycles. The highest BCUT2D eigenvalue weighted by atomic mass is 28.3. The van der Waals surface area contributed by atoms with Crippen LogP contribution in [0.15, 0.2) is 36.0 Å². The van der Waals surface area contributed by atoms with Crippen molar-refractivity contribution in [1.29, 1.82) is 5.41 Å². The molecular formula is C39H64N2O5Si. The minimum atomic E-state index is -1.23. The predicted molar refractivity (Wildman–Crippen MR) is 197 cm³/mol. The third kappa shape index (κ3) is 11.5. The second-order valence-electron chi connectivity index (χ2n) is 15.5. The molecule has 47 heavy (non-hydrogen) atoms. The third-order valence-electron chi connectivity index (χ3n) is 9.65. The Morgan fingerprint density at radius 2 is 1.85 bits per heavy atom. The molecule has 0 radical (unpaired) electrons. The van der Waals surface area contributed by atoms with Crippen LogP contribution < -0.4 is 0 Å². The first-order valence-electron chi connectivity index (χ1n) is 18.0. The largest absolute Gasteiger partial charge is 0.393 e. The number of ketones is 1. The van der Waals surface area contributed by atoms with Crippen LogP contribution in [-0.2, 0) is 25.4 Å². The molecule has 0 aliphatic carbocycles. The summed E-state index contributed by atoms with van der Waals surface area (Å²) in [4.78, 5) is 15.2. The molecule has 1 aromatic rings. The molecule has 0 spiro atoms. The van der Waals surface area contributed by atoms with Crippen LogP contribution >= 0.6 is 0 Å². The van der Waals surface area contributed by atoms with E-state index in [4.69, 9.17) is 19.6 Å². The molecule has 8 heteroatoms. The Labute approximate surface area is 286 Å². The van der Waals surface area contributed by atoms with Crippen molar-refractivity contribution in [1.82, 2.24) is 4.90 Å². The number of nitrogens with one attached hydrogen (secondary N) is 1. The highest BCUT2D eigenvalue weighted by molar-refractivity contribution is 6.76. The second-order valence-corrected chi connectivity index (χ2v) is 21.1. The fourth-order valence-electron chi connectivity index (χ4n) is 7.05. The molecule has 264 valence electrons. The lowest BCUT2D eigenvalue weighted by atomic mass is 9.78. The van der Waals surface area contributed by atoms with Gasteiger partial charge in [0.2, 0.25) is 0 Å². The molecule has 0 aromatic heterocycles. The van der Waals surface area contributed by atoms with Crippen LogP contribution in [0.1, 0.15) is 115 Å². The number of aryl methyl sites for hydroxylation is 1. The molecule has 2 N–H and O–H groups in total. The van der Waals surface area contributed by atoms with E-state index in [-0.39, 0.29) is 42.9 Å². The maximum Gasteiger partial charge on any atom is 0.198 e. The monoisotopic (exact) mass is 668 g/mol. The Bertz CT molecular complexity index is 1250. The molecule has 2 saturated heterocycles. The highest BCUT2D eigenvalue weighted by Crippen LogP contribution is 2.53. The van der Waals surface area contributed by atoms with Crippen molar-refractivity contribution in [3.63, 3.8) is 0 Å². The summed E-state index contributed by atoms with van der Waals surface area (Å²) in [5, 5.41) is 19.2. The van der Waals surface area contributed by atoms with Crippen molar-refractivity contribution in [2.75, 3.05) is 33.7 Å². The first-order chi connectivity index (χ1) is 22.3. The summed E-state index contributed by atoms with van der Waals surface area (Å²) in [6.07, 6.45) is 13.9. The van der Waals surface area contributed by atoms with Crippen LogP contribution in [0.5, 0.6) is 0 Å². The number of allylic oxidation sites excluding steroid dienone is 3. The number of aliphatic hydroxyl groups is 1. The average molecular weight is 669 g/mol. The number of unbranched alkanes of at least 4 members (excludes halogenated alkanes) is 2. The van der Waals surface area contributed by atoms with Gasteiger partial charge in [-0.25, -0.2) is 0 Å². The molecule has 2 aliphatic rings. The zero-order valence-corrected chi connectivity index (χ0v) is 31.8. The van der Waals surface area contributed by atoms with Crippen LogP contribution in [0.3, 0.4) is 0 Å². The number of amidine groups is 1. The smallest absolute Gasteiger partial charge is 0.198 e. The average Bonchev–Trinajstić information content (AvgIpc) is 3.30. The Balaban J connectivity index is 1.87. The molecule has 7 nitrogen and oxygen atoms in total. The van der Waals surface area contributed by atoms with Crippen LogP contribution in [0, 0.1) is 5.41 Å². The molecular weight excluding hydrogens is 605 g/mol. The van der Waals surface area contributed by atoms with Gasteiger partial charge in [-0.05, 0) is 99.4 Å². The number of fused-ring (bicyclic) bond motifs is 2. The van der Waals surface area contributed by atoms with Crippen LogP contribution in [-0.4, -0.2) is 74.6 Å². The summed E-state index contributed by atoms with van der Waals surface area (Å²) in [6.45, 7) is 16.8. The minimum absolute atomic E-state index is 0.0134. The summed E-state index contributed by atoms with van der Waals surface area (Å²) in [5.74, 6) is 0.0697. The number of nitrogens with zero attached hydrogens (tertiary/aromatic N) is 1. The zero-order valence-electron chi connectivity index (χ0n) is 30.8. The van der Waals surface area contributed by atoms with Gasteiger partial charge >= 0.3 is 0 Å². The van der Waals surface area contributed by atoms with E-state index in [0.29, 0.717) is 19.6 Å². The first kappa shape index (κ1) is 39.3. The summed E-state index contributed by atoms with van der Waals surface area (Å²) in [5.41, 5.74) is 5.18. The SMILES string of the molecule is CCC/C=C(\CCCC)c1cc([C@@H]2C[C@@]3(CO)CC[C@@](COC)(C2)O3)ccc1CCC(=O)C(=N)N(C=C(C)C)COCC[Si](C)(C)C. The maximum absolute atomic E-state index is 13.5. The number of hydrogen-bond donors (Lipinski definition) is 2. The summed E-state index contributed by atoms with van der Waals surface area (Å²) in [6, 6.07) is 7.86. The van der Waals surface area contributed by atoms with Gasteiger partial charge in [0.15, 0.2) is 11.6 Å². The van der Waals surface area contributed by atoms with Crippen molar-refractivity contribution < 1.29 is 24.1 Å². The number of carbonyl (C=O) groups excluding carboxylic acids is 1. The molecule has 0 saturated carbocycles. The Kier molecular flexibility index (Phi) is 15.1. The number of Topliss-reactive ketones (excluding diaryl/α,β-unsaturated/α-hetero) is 1. The first-order valence-corrected chi connectivity index (χ1v) is 21.7. The van der Waals surface area contributed by atoms with Gasteiger partial charge in [-0.15, -0.1) is 0 Å². The number of ether oxygens (including phenoxy) is 3. The van der Waals surface area contributed by atoms with Gasteiger partial charge in [0, 0.05) is 34.4 Å². The molecule has 0 amide bonds. The van der Waals surface area contributed by atoms with Crippen molar-refractivity contribution >= 4 is 25.3 Å². The van der Waals surface area contributed by atoms with Gasteiger partial charge in [0.25, 0.3) is 0 Å². The van der Waals surface area contributed by atoms with Gasteiger partial charge in [-0.1, -0.05) is 76.2 Å². The van der Waals surface area contributed by atoms with E-state index in [0.717, 1.165) is 75.0 Å². The Hall–Kier alpha value is -2.10. The van der Waals surface area contributed by atoms with E-state index in [1.165, 1.54) is 16.7 Å². The van der Waals surface area contributed by atoms with Crippen molar-refractivity contribution in [2.45, 2.75) is 141 Å². The van der Waals surface area contributed by atoms with Crippen molar-refractivity contribution in [2.24, 2.45) is 0 Å². The minimum Gasteiger partial charge on any atom is -0.393 e. The van der Waals surface area contributed by atoms with E-state index >= 15 is 0 Å². The zero-order chi connectivity index (χ0) is 34.7. The molecule has 0 unspecified atom stereocenters. The fourth-order valence-corrected chi connectivity index (χ4v) is 7.81. The van der Waals surface area contributed by atoms with E-state index in [2.05, 4.69) is 57.8 Å². The van der Waals surface area contributed by atoms with Gasteiger partial charge in [0.1, 0.15) is 6.73 Å². The molecule has 2 fully saturated rings. The predicted octanol–water partition coefficient (Wildman–Crippen LogP) is 8.88. The maximum atomic E-state index is 13.5. The van der Waals surface area contributed by atoms with Crippen molar-refractivity contribution in [3.05, 3.63) is 52.7 Å². The molecule has 3 rings (SSSR count). The standard InChI is InChI=1S/C39H64N2O5Si/c1-9-11-13-31(14-12-10-2)35-23-33(34-24-38(27-42)19-20-39(25-34,46-38)28-44-5)16-15-32(35)17-18-36(43)37(40)41(26-30(3)4)29-45-21-22-47(6,7)8/h13,15-16,23,26,34,40,42H,9-12,14,17-22,24-25,27-29H2,1-8H3/b31-13+,40-37?/t34-,38-,39+/m1/s1.